The smallest absolute Gasteiger partial charge is 0.326 e. The molecule has 3 heterocycles. The zero-order chi connectivity index (χ0) is 28.8. The number of carboxylic acid groups (broad SMARTS) is 1. The Morgan fingerprint density at radius 3 is 2.49 bits per heavy atom. The Morgan fingerprint density at radius 2 is 1.73 bits per heavy atom. The van der Waals surface area contributed by atoms with E-state index in [4.69, 9.17) is 0 Å². The molecule has 2 aliphatic rings. The number of carboxylic acids is 1. The van der Waals surface area contributed by atoms with Crippen LogP contribution in [0.2, 0.25) is 0 Å². The molecule has 3 aromatic rings. The van der Waals surface area contributed by atoms with Crippen LogP contribution in [-0.2, 0) is 32.0 Å². The Labute approximate surface area is 239 Å². The third-order valence-corrected chi connectivity index (χ3v) is 8.31. The predicted molar refractivity (Wildman–Crippen MR) is 155 cm³/mol. The van der Waals surface area contributed by atoms with E-state index in [9.17, 15) is 24.3 Å². The minimum absolute atomic E-state index is 0.0238. The van der Waals surface area contributed by atoms with Crippen molar-refractivity contribution in [1.82, 2.24) is 20.5 Å². The quantitative estimate of drug-likeness (QED) is 0.270. The zero-order valence-electron chi connectivity index (χ0n) is 23.2. The molecule has 0 bridgehead atoms. The summed E-state index contributed by atoms with van der Waals surface area (Å²) in [6.07, 6.45) is 5.48. The van der Waals surface area contributed by atoms with Crippen molar-refractivity contribution in [3.8, 4) is 0 Å². The molecule has 2 aromatic carbocycles. The van der Waals surface area contributed by atoms with Crippen LogP contribution in [0.3, 0.4) is 0 Å². The number of carbonyl (C=O) groups excluding carboxylic acids is 3. The van der Waals surface area contributed by atoms with Crippen molar-refractivity contribution >= 4 is 34.5 Å². The molecule has 2 fully saturated rings. The van der Waals surface area contributed by atoms with Gasteiger partial charge in [-0.25, -0.2) is 4.79 Å². The lowest BCUT2D eigenvalue weighted by Crippen LogP contribution is -2.47. The van der Waals surface area contributed by atoms with E-state index in [0.29, 0.717) is 32.2 Å². The third-order valence-electron chi connectivity index (χ3n) is 8.31. The predicted octanol–water partition coefficient (Wildman–Crippen LogP) is 3.23. The van der Waals surface area contributed by atoms with Crippen molar-refractivity contribution < 1.29 is 24.3 Å². The van der Waals surface area contributed by atoms with E-state index in [1.807, 2.05) is 60.8 Å². The number of nitrogens with zero attached hydrogens (tertiary/aromatic N) is 1. The Balaban J connectivity index is 1.34. The lowest BCUT2D eigenvalue weighted by Gasteiger charge is -2.27. The molecular formula is C32H38N4O5. The number of aromatic nitrogens is 1. The topological polar surface area (TPSA) is 132 Å². The molecule has 2 saturated heterocycles. The Hall–Kier alpha value is -3.98. The highest BCUT2D eigenvalue weighted by molar-refractivity contribution is 5.91. The summed E-state index contributed by atoms with van der Waals surface area (Å²) in [7, 11) is 0. The molecule has 4 N–H and O–H groups in total. The van der Waals surface area contributed by atoms with Crippen LogP contribution in [0.25, 0.3) is 10.9 Å². The lowest BCUT2D eigenvalue weighted by atomic mass is 9.89. The summed E-state index contributed by atoms with van der Waals surface area (Å²) in [5, 5.41) is 17.0. The van der Waals surface area contributed by atoms with Crippen LogP contribution in [-0.4, -0.2) is 69.8 Å². The van der Waals surface area contributed by atoms with Gasteiger partial charge in [0.1, 0.15) is 11.8 Å². The van der Waals surface area contributed by atoms with Gasteiger partial charge in [0.05, 0.1) is 6.04 Å². The highest BCUT2D eigenvalue weighted by atomic mass is 16.4. The average molecular weight is 559 g/mol. The van der Waals surface area contributed by atoms with Gasteiger partial charge in [0.2, 0.25) is 11.8 Å². The molecule has 0 unspecified atom stereocenters. The minimum Gasteiger partial charge on any atom is -0.480 e. The summed E-state index contributed by atoms with van der Waals surface area (Å²) in [6, 6.07) is 16.0. The van der Waals surface area contributed by atoms with Crippen molar-refractivity contribution in [2.75, 3.05) is 13.1 Å². The molecule has 5 rings (SSSR count). The van der Waals surface area contributed by atoms with E-state index in [-0.39, 0.29) is 36.5 Å². The minimum atomic E-state index is -1.01. The molecule has 0 saturated carbocycles. The first-order valence-electron chi connectivity index (χ1n) is 14.6. The van der Waals surface area contributed by atoms with Gasteiger partial charge in [-0.15, -0.1) is 0 Å². The van der Waals surface area contributed by atoms with Crippen LogP contribution in [0.4, 0.5) is 0 Å². The molecule has 41 heavy (non-hydrogen) atoms. The first kappa shape index (κ1) is 28.5. The van der Waals surface area contributed by atoms with Crippen molar-refractivity contribution in [2.45, 2.75) is 69.5 Å². The van der Waals surface area contributed by atoms with Gasteiger partial charge in [0.25, 0.3) is 0 Å². The number of rotatable bonds is 12. The number of benzene rings is 2. The number of H-pyrrole nitrogens is 1. The summed E-state index contributed by atoms with van der Waals surface area (Å²) < 4.78 is 0. The fourth-order valence-corrected chi connectivity index (χ4v) is 6.25. The number of hydrogen-bond acceptors (Lipinski definition) is 5. The molecule has 0 aliphatic carbocycles. The van der Waals surface area contributed by atoms with E-state index in [1.54, 1.807) is 0 Å². The second-order valence-electron chi connectivity index (χ2n) is 11.3. The van der Waals surface area contributed by atoms with Crippen molar-refractivity contribution in [3.05, 3.63) is 71.9 Å². The first-order chi connectivity index (χ1) is 19.9. The number of ketones is 1. The van der Waals surface area contributed by atoms with Crippen LogP contribution in [0.5, 0.6) is 0 Å². The van der Waals surface area contributed by atoms with Gasteiger partial charge in [-0.3, -0.25) is 14.4 Å². The number of para-hydroxylation sites is 1. The first-order valence-corrected chi connectivity index (χ1v) is 14.6. The fraction of sp³-hybridized carbons (Fsp3) is 0.438. The highest BCUT2D eigenvalue weighted by Gasteiger charge is 2.38. The Kier molecular flexibility index (Phi) is 9.14. The number of Topliss-reactive ketones (excluding diaryl/α,β-unsaturated/α-hetero) is 1. The monoisotopic (exact) mass is 558 g/mol. The summed E-state index contributed by atoms with van der Waals surface area (Å²) in [5.41, 5.74) is 2.87. The van der Waals surface area contributed by atoms with E-state index >= 15 is 0 Å². The molecule has 9 heteroatoms. The number of hydrogen-bond donors (Lipinski definition) is 4. The number of amides is 2. The van der Waals surface area contributed by atoms with Crippen LogP contribution in [0.1, 0.15) is 49.7 Å². The number of aliphatic carboxylic acids is 1. The van der Waals surface area contributed by atoms with Crippen molar-refractivity contribution in [2.24, 2.45) is 5.92 Å². The second kappa shape index (κ2) is 13.1. The maximum atomic E-state index is 13.8. The van der Waals surface area contributed by atoms with Crippen molar-refractivity contribution in [3.63, 3.8) is 0 Å². The number of nitrogens with one attached hydrogen (secondary N) is 3. The second-order valence-corrected chi connectivity index (χ2v) is 11.3. The van der Waals surface area contributed by atoms with E-state index in [2.05, 4.69) is 15.6 Å². The number of likely N-dealkylation sites (tertiary alicyclic amines) is 1. The fourth-order valence-electron chi connectivity index (χ4n) is 6.25. The standard InChI is InChI=1S/C32H38N4O5/c37-25(19-24(16-21-8-2-1-3-9-21)35-30(38)28-12-6-14-33-28)18-22(31(39)36-15-7-13-29(36)32(40)41)17-23-20-34-27-11-5-4-10-26(23)27/h1-5,8-11,20,22,24,28-29,33-34H,6-7,12-19H2,(H,35,38)(H,40,41)/t22-,24+,28+,29+/m1/s1. The van der Waals surface area contributed by atoms with Crippen LogP contribution in [0.15, 0.2) is 60.8 Å². The summed E-state index contributed by atoms with van der Waals surface area (Å²) in [4.78, 5) is 56.9. The maximum absolute atomic E-state index is 13.8. The zero-order valence-corrected chi connectivity index (χ0v) is 23.2. The summed E-state index contributed by atoms with van der Waals surface area (Å²) >= 11 is 0. The van der Waals surface area contributed by atoms with Crippen LogP contribution in [0, 0.1) is 5.92 Å². The number of aromatic amines is 1. The molecule has 9 nitrogen and oxygen atoms in total. The molecule has 0 radical (unpaired) electrons. The van der Waals surface area contributed by atoms with Gasteiger partial charge in [-0.05, 0) is 62.3 Å². The van der Waals surface area contributed by atoms with Gasteiger partial charge < -0.3 is 25.6 Å². The Morgan fingerprint density at radius 1 is 0.951 bits per heavy atom. The number of fused-ring (bicyclic) bond motifs is 1. The van der Waals surface area contributed by atoms with Gasteiger partial charge in [-0.2, -0.15) is 0 Å². The van der Waals surface area contributed by atoms with E-state index in [1.165, 1.54) is 4.90 Å². The van der Waals surface area contributed by atoms with Gasteiger partial charge in [0, 0.05) is 48.4 Å². The summed E-state index contributed by atoms with van der Waals surface area (Å²) in [6.45, 7) is 1.17. The highest BCUT2D eigenvalue weighted by Crippen LogP contribution is 2.27. The Bertz CT molecular complexity index is 1380. The molecule has 4 atom stereocenters. The molecule has 0 spiro atoms. The van der Waals surface area contributed by atoms with Crippen LogP contribution >= 0.6 is 0 Å². The maximum Gasteiger partial charge on any atom is 0.326 e. The summed E-state index contributed by atoms with van der Waals surface area (Å²) in [5.74, 6) is -2.25. The van der Waals surface area contributed by atoms with Crippen molar-refractivity contribution in [1.29, 1.82) is 0 Å². The lowest BCUT2D eigenvalue weighted by molar-refractivity contribution is -0.150. The van der Waals surface area contributed by atoms with Crippen LogP contribution < -0.4 is 10.6 Å². The third kappa shape index (κ3) is 7.03. The normalized spacial score (nSPS) is 20.1. The molecule has 2 aliphatic heterocycles. The van der Waals surface area contributed by atoms with E-state index in [0.717, 1.165) is 41.4 Å². The number of carbonyl (C=O) groups is 4. The largest absolute Gasteiger partial charge is 0.480 e. The molecular weight excluding hydrogens is 520 g/mol. The van der Waals surface area contributed by atoms with E-state index < -0.39 is 24.0 Å². The van der Waals surface area contributed by atoms with Gasteiger partial charge in [-0.1, -0.05) is 48.5 Å². The molecule has 2 amide bonds. The molecule has 1 aromatic heterocycles. The SMILES string of the molecule is O=C(C[C@H](Cc1ccccc1)NC(=O)[C@@H]1CCCN1)C[C@@H](Cc1c[nH]c2ccccc12)C(=O)N1CCC[C@H]1C(=O)O. The van der Waals surface area contributed by atoms with Gasteiger partial charge in [0.15, 0.2) is 0 Å². The average Bonchev–Trinajstić information content (AvgIpc) is 3.74. The van der Waals surface area contributed by atoms with Gasteiger partial charge >= 0.3 is 5.97 Å². The molecule has 216 valence electrons.